The molecule has 0 aliphatic heterocycles. The van der Waals surface area contributed by atoms with Crippen LogP contribution in [-0.2, 0) is 12.8 Å². The van der Waals surface area contributed by atoms with Gasteiger partial charge in [-0.2, -0.15) is 0 Å². The fraction of sp³-hybridized carbons (Fsp3) is 0.400. The van der Waals surface area contributed by atoms with Crippen molar-refractivity contribution in [3.63, 3.8) is 0 Å². The van der Waals surface area contributed by atoms with E-state index in [2.05, 4.69) is 10.3 Å². The monoisotopic (exact) mass is 278 g/mol. The third-order valence-electron chi connectivity index (χ3n) is 3.67. The molecule has 2 nitrogen and oxygen atoms in total. The van der Waals surface area contributed by atoms with Gasteiger partial charge in [-0.25, -0.2) is 4.39 Å². The first-order chi connectivity index (χ1) is 9.22. The van der Waals surface area contributed by atoms with Gasteiger partial charge in [0.2, 0.25) is 0 Å². The van der Waals surface area contributed by atoms with Crippen LogP contribution in [0.5, 0.6) is 0 Å². The minimum atomic E-state index is -0.253. The molecule has 19 heavy (non-hydrogen) atoms. The lowest BCUT2D eigenvalue weighted by Crippen LogP contribution is -2.12. The van der Waals surface area contributed by atoms with Gasteiger partial charge in [0.05, 0.1) is 21.6 Å². The molecule has 0 unspecified atom stereocenters. The number of nitrogens with zero attached hydrogens (tertiary/aromatic N) is 1. The Labute approximate surface area is 117 Å². The summed E-state index contributed by atoms with van der Waals surface area (Å²) < 4.78 is 14.2. The van der Waals surface area contributed by atoms with Crippen LogP contribution in [-0.4, -0.2) is 11.5 Å². The summed E-state index contributed by atoms with van der Waals surface area (Å²) in [5.74, 6) is -0.253. The van der Waals surface area contributed by atoms with E-state index in [9.17, 15) is 4.39 Å². The van der Waals surface area contributed by atoms with Crippen molar-refractivity contribution in [1.29, 1.82) is 0 Å². The summed E-state index contributed by atoms with van der Waals surface area (Å²) in [6, 6.07) is 3.00. The summed E-state index contributed by atoms with van der Waals surface area (Å²) in [6.07, 6.45) is 4.20. The second kappa shape index (κ2) is 4.97. The number of rotatable bonds is 2. The summed E-state index contributed by atoms with van der Waals surface area (Å²) in [5.41, 5.74) is 3.71. The van der Waals surface area contributed by atoms with Gasteiger partial charge in [0.25, 0.3) is 0 Å². The first-order valence-electron chi connectivity index (χ1n) is 6.75. The molecule has 1 heterocycles. The van der Waals surface area contributed by atoms with Crippen LogP contribution in [0.15, 0.2) is 12.1 Å². The Balaban J connectivity index is 2.39. The summed E-state index contributed by atoms with van der Waals surface area (Å²) in [7, 11) is 0. The molecule has 0 radical (unpaired) electrons. The molecule has 0 saturated heterocycles. The van der Waals surface area contributed by atoms with E-state index in [1.54, 1.807) is 6.07 Å². The predicted octanol–water partition coefficient (Wildman–Crippen LogP) is 4.34. The maximum absolute atomic E-state index is 14.2. The van der Waals surface area contributed by atoms with Crippen LogP contribution < -0.4 is 5.32 Å². The number of benzene rings is 1. The van der Waals surface area contributed by atoms with E-state index in [1.165, 1.54) is 11.6 Å². The highest BCUT2D eigenvalue weighted by atomic mass is 35.5. The van der Waals surface area contributed by atoms with Crippen LogP contribution in [0.1, 0.15) is 31.0 Å². The maximum Gasteiger partial charge on any atom is 0.134 e. The Kier molecular flexibility index (Phi) is 3.31. The maximum atomic E-state index is 14.2. The number of nitrogens with one attached hydrogen (secondary N) is 1. The SMILES string of the molecule is CCNc1c2c(nc3c(Cl)ccc(F)c13)CCCC2. The van der Waals surface area contributed by atoms with Crippen LogP contribution in [0, 0.1) is 5.82 Å². The highest BCUT2D eigenvalue weighted by molar-refractivity contribution is 6.35. The molecule has 0 bridgehead atoms. The molecule has 0 spiro atoms. The van der Waals surface area contributed by atoms with Crippen molar-refractivity contribution in [2.75, 3.05) is 11.9 Å². The molecule has 1 aromatic heterocycles. The number of aromatic nitrogens is 1. The number of fused-ring (bicyclic) bond motifs is 2. The minimum absolute atomic E-state index is 0.253. The molecule has 1 aliphatic rings. The molecular formula is C15H16ClFN2. The number of anilines is 1. The van der Waals surface area contributed by atoms with E-state index >= 15 is 0 Å². The largest absolute Gasteiger partial charge is 0.384 e. The van der Waals surface area contributed by atoms with Gasteiger partial charge in [0, 0.05) is 12.2 Å². The third-order valence-corrected chi connectivity index (χ3v) is 3.97. The van der Waals surface area contributed by atoms with Gasteiger partial charge in [-0.05, 0) is 50.3 Å². The van der Waals surface area contributed by atoms with Crippen molar-refractivity contribution in [3.8, 4) is 0 Å². The second-order valence-corrected chi connectivity index (χ2v) is 5.31. The first-order valence-corrected chi connectivity index (χ1v) is 7.13. The number of hydrogen-bond donors (Lipinski definition) is 1. The number of hydrogen-bond acceptors (Lipinski definition) is 2. The summed E-state index contributed by atoms with van der Waals surface area (Å²) in [4.78, 5) is 4.61. The third kappa shape index (κ3) is 2.06. The fourth-order valence-corrected chi connectivity index (χ4v) is 3.03. The van der Waals surface area contributed by atoms with Crippen LogP contribution >= 0.6 is 11.6 Å². The van der Waals surface area contributed by atoms with E-state index in [-0.39, 0.29) is 5.82 Å². The fourth-order valence-electron chi connectivity index (χ4n) is 2.83. The molecule has 0 atom stereocenters. The Morgan fingerprint density at radius 2 is 2.11 bits per heavy atom. The van der Waals surface area contributed by atoms with Gasteiger partial charge >= 0.3 is 0 Å². The van der Waals surface area contributed by atoms with Gasteiger partial charge in [0.15, 0.2) is 0 Å². The van der Waals surface area contributed by atoms with Crippen LogP contribution in [0.3, 0.4) is 0 Å². The van der Waals surface area contributed by atoms with Crippen molar-refractivity contribution in [3.05, 3.63) is 34.2 Å². The van der Waals surface area contributed by atoms with Crippen molar-refractivity contribution >= 4 is 28.2 Å². The normalized spacial score (nSPS) is 14.5. The predicted molar refractivity (Wildman–Crippen MR) is 77.5 cm³/mol. The molecule has 0 fully saturated rings. The number of halogens is 2. The highest BCUT2D eigenvalue weighted by Gasteiger charge is 2.20. The van der Waals surface area contributed by atoms with Gasteiger partial charge in [-0.1, -0.05) is 11.6 Å². The zero-order chi connectivity index (χ0) is 13.4. The number of aryl methyl sites for hydroxylation is 1. The molecule has 1 aromatic carbocycles. The quantitative estimate of drug-likeness (QED) is 0.884. The molecule has 1 N–H and O–H groups in total. The van der Waals surface area contributed by atoms with Crippen LogP contribution in [0.4, 0.5) is 10.1 Å². The van der Waals surface area contributed by atoms with Crippen molar-refractivity contribution in [2.45, 2.75) is 32.6 Å². The zero-order valence-electron chi connectivity index (χ0n) is 10.9. The smallest absolute Gasteiger partial charge is 0.134 e. The Morgan fingerprint density at radius 1 is 1.32 bits per heavy atom. The Morgan fingerprint density at radius 3 is 2.89 bits per heavy atom. The van der Waals surface area contributed by atoms with Crippen molar-refractivity contribution in [1.82, 2.24) is 4.98 Å². The average molecular weight is 279 g/mol. The standard InChI is InChI=1S/C15H16ClFN2/c1-2-18-14-9-5-3-4-6-12(9)19-15-10(16)7-8-11(17)13(14)15/h7-8H,2-6H2,1H3,(H,18,19). The Bertz CT molecular complexity index is 640. The molecule has 0 saturated carbocycles. The van der Waals surface area contributed by atoms with Gasteiger partial charge in [0.1, 0.15) is 5.82 Å². The molecule has 4 heteroatoms. The lowest BCUT2D eigenvalue weighted by molar-refractivity contribution is 0.637. The Hall–Kier alpha value is -1.35. The van der Waals surface area contributed by atoms with Crippen molar-refractivity contribution < 1.29 is 4.39 Å². The number of pyridine rings is 1. The molecule has 3 rings (SSSR count). The summed E-state index contributed by atoms with van der Waals surface area (Å²) in [6.45, 7) is 2.78. The van der Waals surface area contributed by atoms with E-state index in [0.29, 0.717) is 15.9 Å². The first kappa shape index (κ1) is 12.7. The molecule has 100 valence electrons. The van der Waals surface area contributed by atoms with E-state index in [0.717, 1.165) is 43.6 Å². The topological polar surface area (TPSA) is 24.9 Å². The minimum Gasteiger partial charge on any atom is -0.384 e. The summed E-state index contributed by atoms with van der Waals surface area (Å²) >= 11 is 6.19. The zero-order valence-corrected chi connectivity index (χ0v) is 11.6. The van der Waals surface area contributed by atoms with Crippen molar-refractivity contribution in [2.24, 2.45) is 0 Å². The van der Waals surface area contributed by atoms with Gasteiger partial charge in [-0.15, -0.1) is 0 Å². The van der Waals surface area contributed by atoms with Crippen LogP contribution in [0.25, 0.3) is 10.9 Å². The lowest BCUT2D eigenvalue weighted by Gasteiger charge is -2.21. The molecule has 1 aliphatic carbocycles. The molecule has 2 aromatic rings. The lowest BCUT2D eigenvalue weighted by atomic mass is 9.92. The van der Waals surface area contributed by atoms with E-state index < -0.39 is 0 Å². The second-order valence-electron chi connectivity index (χ2n) is 4.90. The van der Waals surface area contributed by atoms with E-state index in [1.807, 2.05) is 6.92 Å². The summed E-state index contributed by atoms with van der Waals surface area (Å²) in [5, 5.41) is 4.36. The highest BCUT2D eigenvalue weighted by Crippen LogP contribution is 2.37. The molecular weight excluding hydrogens is 263 g/mol. The van der Waals surface area contributed by atoms with Gasteiger partial charge in [-0.3, -0.25) is 4.98 Å². The van der Waals surface area contributed by atoms with Gasteiger partial charge < -0.3 is 5.32 Å². The average Bonchev–Trinajstić information content (AvgIpc) is 2.43. The van der Waals surface area contributed by atoms with Crippen LogP contribution in [0.2, 0.25) is 5.02 Å². The molecule has 0 amide bonds. The van der Waals surface area contributed by atoms with E-state index in [4.69, 9.17) is 11.6 Å².